The van der Waals surface area contributed by atoms with Crippen molar-refractivity contribution in [2.45, 2.75) is 26.7 Å². The molecule has 70 valence electrons. The highest BCUT2D eigenvalue weighted by Gasteiger charge is 2.11. The molecule has 0 fully saturated rings. The molecule has 0 aliphatic rings. The third-order valence-corrected chi connectivity index (χ3v) is 2.06. The predicted octanol–water partition coefficient (Wildman–Crippen LogP) is 1.90. The zero-order valence-electron chi connectivity index (χ0n) is 7.87. The molecule has 1 N–H and O–H groups in total. The SMILES string of the molecule is CCc1nccc(C(=O)O)c1CC. The average Bonchev–Trinajstić information content (AvgIpc) is 2.16. The first kappa shape index (κ1) is 9.71. The molecule has 1 rings (SSSR count). The number of aromatic carboxylic acids is 1. The predicted molar refractivity (Wildman–Crippen MR) is 50.0 cm³/mol. The first-order valence-electron chi connectivity index (χ1n) is 4.40. The Kier molecular flexibility index (Phi) is 3.01. The van der Waals surface area contributed by atoms with Crippen molar-refractivity contribution in [1.82, 2.24) is 4.98 Å². The molecule has 0 amide bonds. The van der Waals surface area contributed by atoms with Crippen molar-refractivity contribution in [2.24, 2.45) is 0 Å². The number of aromatic nitrogens is 1. The molecule has 0 aromatic carbocycles. The van der Waals surface area contributed by atoms with Crippen LogP contribution in [0.15, 0.2) is 12.3 Å². The lowest BCUT2D eigenvalue weighted by Gasteiger charge is -2.07. The van der Waals surface area contributed by atoms with E-state index >= 15 is 0 Å². The van der Waals surface area contributed by atoms with Crippen LogP contribution in [0.25, 0.3) is 0 Å². The second kappa shape index (κ2) is 4.03. The van der Waals surface area contributed by atoms with Crippen LogP contribution >= 0.6 is 0 Å². The fourth-order valence-corrected chi connectivity index (χ4v) is 1.44. The standard InChI is InChI=1S/C10H13NO2/c1-3-7-8(10(12)13)5-6-11-9(7)4-2/h5-6H,3-4H2,1-2H3,(H,12,13). The smallest absolute Gasteiger partial charge is 0.336 e. The molecule has 1 heterocycles. The van der Waals surface area contributed by atoms with Gasteiger partial charge in [-0.1, -0.05) is 13.8 Å². The number of carbonyl (C=O) groups is 1. The lowest BCUT2D eigenvalue weighted by molar-refractivity contribution is 0.0695. The van der Waals surface area contributed by atoms with Gasteiger partial charge in [0.25, 0.3) is 0 Å². The molecule has 0 spiro atoms. The molecule has 1 aromatic rings. The van der Waals surface area contributed by atoms with Gasteiger partial charge in [-0.05, 0) is 24.5 Å². The van der Waals surface area contributed by atoms with Crippen LogP contribution < -0.4 is 0 Å². The first-order chi connectivity index (χ1) is 6.20. The summed E-state index contributed by atoms with van der Waals surface area (Å²) in [4.78, 5) is 15.0. The minimum atomic E-state index is -0.867. The van der Waals surface area contributed by atoms with Crippen LogP contribution in [0.5, 0.6) is 0 Å². The van der Waals surface area contributed by atoms with Crippen LogP contribution in [0.1, 0.15) is 35.5 Å². The summed E-state index contributed by atoms with van der Waals surface area (Å²) >= 11 is 0. The molecular weight excluding hydrogens is 166 g/mol. The quantitative estimate of drug-likeness (QED) is 0.771. The summed E-state index contributed by atoms with van der Waals surface area (Å²) in [7, 11) is 0. The summed E-state index contributed by atoms with van der Waals surface area (Å²) in [5.41, 5.74) is 2.13. The second-order valence-electron chi connectivity index (χ2n) is 2.80. The van der Waals surface area contributed by atoms with Gasteiger partial charge in [0, 0.05) is 11.9 Å². The van der Waals surface area contributed by atoms with Crippen molar-refractivity contribution in [1.29, 1.82) is 0 Å². The average molecular weight is 179 g/mol. The molecule has 3 heteroatoms. The largest absolute Gasteiger partial charge is 0.478 e. The molecule has 1 aromatic heterocycles. The Labute approximate surface area is 77.4 Å². The zero-order valence-corrected chi connectivity index (χ0v) is 7.87. The van der Waals surface area contributed by atoms with Gasteiger partial charge in [0.15, 0.2) is 0 Å². The van der Waals surface area contributed by atoms with E-state index in [-0.39, 0.29) is 0 Å². The minimum absolute atomic E-state index is 0.384. The topological polar surface area (TPSA) is 50.2 Å². The Morgan fingerprint density at radius 3 is 2.62 bits per heavy atom. The number of rotatable bonds is 3. The van der Waals surface area contributed by atoms with Crippen LogP contribution in [0.4, 0.5) is 0 Å². The van der Waals surface area contributed by atoms with Crippen LogP contribution in [-0.4, -0.2) is 16.1 Å². The first-order valence-corrected chi connectivity index (χ1v) is 4.40. The van der Waals surface area contributed by atoms with Crippen molar-refractivity contribution in [3.05, 3.63) is 29.1 Å². The summed E-state index contributed by atoms with van der Waals surface area (Å²) in [6.07, 6.45) is 3.06. The molecule has 0 unspecified atom stereocenters. The van der Waals surface area contributed by atoms with E-state index in [2.05, 4.69) is 4.98 Å². The highest BCUT2D eigenvalue weighted by atomic mass is 16.4. The molecule has 13 heavy (non-hydrogen) atoms. The molecule has 0 atom stereocenters. The monoisotopic (exact) mass is 179 g/mol. The van der Waals surface area contributed by atoms with Gasteiger partial charge < -0.3 is 5.11 Å². The highest BCUT2D eigenvalue weighted by molar-refractivity contribution is 5.89. The fourth-order valence-electron chi connectivity index (χ4n) is 1.44. The lowest BCUT2D eigenvalue weighted by Crippen LogP contribution is -2.06. The second-order valence-corrected chi connectivity index (χ2v) is 2.80. The number of carboxylic acid groups (broad SMARTS) is 1. The van der Waals surface area contributed by atoms with Gasteiger partial charge in [-0.2, -0.15) is 0 Å². The zero-order chi connectivity index (χ0) is 9.84. The normalized spacial score (nSPS) is 10.0. The van der Waals surface area contributed by atoms with Gasteiger partial charge >= 0.3 is 5.97 Å². The van der Waals surface area contributed by atoms with Crippen LogP contribution in [0.3, 0.4) is 0 Å². The Morgan fingerprint density at radius 1 is 1.46 bits per heavy atom. The summed E-state index contributed by atoms with van der Waals surface area (Å²) < 4.78 is 0. The molecule has 0 aliphatic heterocycles. The van der Waals surface area contributed by atoms with Crippen molar-refractivity contribution >= 4 is 5.97 Å². The highest BCUT2D eigenvalue weighted by Crippen LogP contribution is 2.13. The summed E-state index contributed by atoms with van der Waals surface area (Å²) in [6, 6.07) is 1.56. The van der Waals surface area contributed by atoms with E-state index < -0.39 is 5.97 Å². The Bertz CT molecular complexity index is 321. The number of nitrogens with zero attached hydrogens (tertiary/aromatic N) is 1. The molecule has 0 aliphatic carbocycles. The molecule has 0 bridgehead atoms. The molecule has 3 nitrogen and oxygen atoms in total. The van der Waals surface area contributed by atoms with E-state index in [1.165, 1.54) is 0 Å². The lowest BCUT2D eigenvalue weighted by atomic mass is 10.0. The van der Waals surface area contributed by atoms with Crippen molar-refractivity contribution in [3.8, 4) is 0 Å². The fraction of sp³-hybridized carbons (Fsp3) is 0.400. The van der Waals surface area contributed by atoms with Crippen molar-refractivity contribution in [2.75, 3.05) is 0 Å². The Morgan fingerprint density at radius 2 is 2.15 bits per heavy atom. The number of hydrogen-bond acceptors (Lipinski definition) is 2. The van der Waals surface area contributed by atoms with E-state index in [9.17, 15) is 4.79 Å². The maximum Gasteiger partial charge on any atom is 0.336 e. The van der Waals surface area contributed by atoms with Crippen LogP contribution in [-0.2, 0) is 12.8 Å². The van der Waals surface area contributed by atoms with E-state index in [4.69, 9.17) is 5.11 Å². The third-order valence-electron chi connectivity index (χ3n) is 2.06. The Hall–Kier alpha value is -1.38. The summed E-state index contributed by atoms with van der Waals surface area (Å²) in [5.74, 6) is -0.867. The van der Waals surface area contributed by atoms with E-state index in [0.29, 0.717) is 5.56 Å². The van der Waals surface area contributed by atoms with Gasteiger partial charge in [-0.3, -0.25) is 4.98 Å². The summed E-state index contributed by atoms with van der Waals surface area (Å²) in [5, 5.41) is 8.89. The van der Waals surface area contributed by atoms with Crippen LogP contribution in [0, 0.1) is 0 Å². The number of carboxylic acids is 1. The van der Waals surface area contributed by atoms with Crippen molar-refractivity contribution < 1.29 is 9.90 Å². The number of hydrogen-bond donors (Lipinski definition) is 1. The van der Waals surface area contributed by atoms with Crippen molar-refractivity contribution in [3.63, 3.8) is 0 Å². The maximum atomic E-state index is 10.8. The number of aryl methyl sites for hydroxylation is 1. The molecular formula is C10H13NO2. The van der Waals surface area contributed by atoms with Gasteiger partial charge in [0.05, 0.1) is 5.56 Å². The van der Waals surface area contributed by atoms with Gasteiger partial charge in [0.1, 0.15) is 0 Å². The number of pyridine rings is 1. The van der Waals surface area contributed by atoms with Crippen LogP contribution in [0.2, 0.25) is 0 Å². The molecule has 0 radical (unpaired) electrons. The van der Waals surface area contributed by atoms with Gasteiger partial charge in [-0.25, -0.2) is 4.79 Å². The maximum absolute atomic E-state index is 10.8. The molecule has 0 saturated carbocycles. The minimum Gasteiger partial charge on any atom is -0.478 e. The summed E-state index contributed by atoms with van der Waals surface area (Å²) in [6.45, 7) is 3.93. The van der Waals surface area contributed by atoms with Gasteiger partial charge in [0.2, 0.25) is 0 Å². The van der Waals surface area contributed by atoms with E-state index in [1.54, 1.807) is 12.3 Å². The Balaban J connectivity index is 3.27. The van der Waals surface area contributed by atoms with E-state index in [1.807, 2.05) is 13.8 Å². The van der Waals surface area contributed by atoms with E-state index in [0.717, 1.165) is 24.1 Å². The third kappa shape index (κ3) is 1.86. The molecule has 0 saturated heterocycles. The van der Waals surface area contributed by atoms with Gasteiger partial charge in [-0.15, -0.1) is 0 Å².